The standard InChI is InChI=1S/C48H41N7/c1-49-44-41-30-35(47-52-46(33-18-8-3-9-19-33)53-54(47)31-32-16-6-2-7-17-32)29-40-39-28-34(38-24-14-15-25-42(38)50-36-20-10-4-11-21-36)26-27-43(39)55(45(40)41)48(44)51-37-22-12-5-13-23-37/h2-30,44,47-51H,31H2,1H3,(H,52,53). The molecule has 3 heterocycles. The van der Waals surface area contributed by atoms with Gasteiger partial charge in [-0.3, -0.25) is 0 Å². The Kier molecular flexibility index (Phi) is 8.36. The van der Waals surface area contributed by atoms with Crippen molar-refractivity contribution >= 4 is 44.7 Å². The fourth-order valence-electron chi connectivity index (χ4n) is 8.40. The highest BCUT2D eigenvalue weighted by molar-refractivity contribution is 6.12. The Bertz CT molecular complexity index is 2660. The number of likely N-dealkylation sites (N-methyl/N-ethyl adjacent to an activating group) is 1. The van der Waals surface area contributed by atoms with Crippen LogP contribution in [0.1, 0.15) is 40.6 Å². The zero-order valence-corrected chi connectivity index (χ0v) is 30.5. The van der Waals surface area contributed by atoms with Gasteiger partial charge in [0.1, 0.15) is 18.2 Å². The first-order valence-electron chi connectivity index (χ1n) is 18.9. The van der Waals surface area contributed by atoms with Crippen LogP contribution in [0.25, 0.3) is 32.9 Å². The fraction of sp³-hybridized carbons (Fsp3) is 0.104. The third-order valence-corrected chi connectivity index (χ3v) is 10.9. The molecule has 0 saturated carbocycles. The van der Waals surface area contributed by atoms with E-state index in [0.29, 0.717) is 6.54 Å². The van der Waals surface area contributed by atoms with Gasteiger partial charge in [-0.15, -0.1) is 0 Å². The number of nitrogens with one attached hydrogen (secondary N) is 4. The molecule has 4 N–H and O–H groups in total. The Morgan fingerprint density at radius 2 is 1.31 bits per heavy atom. The van der Waals surface area contributed by atoms with Crippen LogP contribution in [-0.2, 0) is 6.54 Å². The summed E-state index contributed by atoms with van der Waals surface area (Å²) in [6, 6.07) is 62.2. The van der Waals surface area contributed by atoms with Gasteiger partial charge in [0.05, 0.1) is 17.1 Å². The molecule has 0 saturated heterocycles. The number of nitrogens with zero attached hydrogens (tertiary/aromatic N) is 3. The zero-order valence-electron chi connectivity index (χ0n) is 30.5. The van der Waals surface area contributed by atoms with E-state index in [1.54, 1.807) is 0 Å². The summed E-state index contributed by atoms with van der Waals surface area (Å²) in [4.78, 5) is 5.40. The van der Waals surface area contributed by atoms with Gasteiger partial charge < -0.3 is 25.9 Å². The Morgan fingerprint density at radius 1 is 0.636 bits per heavy atom. The van der Waals surface area contributed by atoms with Gasteiger partial charge in [-0.05, 0) is 83.9 Å². The number of aromatic nitrogens is 1. The second kappa shape index (κ2) is 14.0. The smallest absolute Gasteiger partial charge is 0.147 e. The molecule has 0 radical (unpaired) electrons. The molecular weight excluding hydrogens is 675 g/mol. The number of amidine groups is 1. The van der Waals surface area contributed by atoms with Crippen molar-refractivity contribution in [1.29, 1.82) is 0 Å². The van der Waals surface area contributed by atoms with Crippen molar-refractivity contribution in [2.45, 2.75) is 24.9 Å². The molecule has 268 valence electrons. The Balaban J connectivity index is 1.16. The van der Waals surface area contributed by atoms with Gasteiger partial charge in [-0.2, -0.15) is 5.01 Å². The molecule has 0 amide bonds. The number of hydrazine groups is 1. The number of hydrogen-bond donors (Lipinski definition) is 4. The fourth-order valence-corrected chi connectivity index (χ4v) is 8.40. The maximum atomic E-state index is 5.40. The van der Waals surface area contributed by atoms with E-state index in [1.807, 2.05) is 12.1 Å². The van der Waals surface area contributed by atoms with Crippen LogP contribution in [0.15, 0.2) is 181 Å². The molecule has 3 unspecified atom stereocenters. The van der Waals surface area contributed by atoms with Crippen LogP contribution in [0, 0.1) is 0 Å². The Labute approximate surface area is 321 Å². The summed E-state index contributed by atoms with van der Waals surface area (Å²) in [6.45, 7) is 0.698. The van der Waals surface area contributed by atoms with Gasteiger partial charge in [0.15, 0.2) is 0 Å². The number of rotatable bonds is 10. The Hall–Kier alpha value is -6.67. The van der Waals surface area contributed by atoms with Gasteiger partial charge in [0, 0.05) is 45.5 Å². The van der Waals surface area contributed by atoms with Crippen molar-refractivity contribution in [3.05, 3.63) is 198 Å². The van der Waals surface area contributed by atoms with Crippen LogP contribution in [-0.4, -0.2) is 22.5 Å². The van der Waals surface area contributed by atoms with Crippen molar-refractivity contribution in [2.24, 2.45) is 4.99 Å². The molecule has 7 heteroatoms. The van der Waals surface area contributed by atoms with Crippen molar-refractivity contribution in [3.8, 4) is 11.1 Å². The van der Waals surface area contributed by atoms with E-state index in [-0.39, 0.29) is 18.4 Å². The molecule has 55 heavy (non-hydrogen) atoms. The zero-order chi connectivity index (χ0) is 36.7. The van der Waals surface area contributed by atoms with Crippen LogP contribution >= 0.6 is 0 Å². The first-order chi connectivity index (χ1) is 27.2. The molecule has 2 aliphatic heterocycles. The largest absolute Gasteiger partial charge is 0.363 e. The summed E-state index contributed by atoms with van der Waals surface area (Å²) in [5.41, 5.74) is 16.4. The highest BCUT2D eigenvalue weighted by Crippen LogP contribution is 2.48. The monoisotopic (exact) mass is 715 g/mol. The number of hydrogen-bond acceptors (Lipinski definition) is 6. The maximum Gasteiger partial charge on any atom is 0.147 e. The lowest BCUT2D eigenvalue weighted by Gasteiger charge is -2.27. The summed E-state index contributed by atoms with van der Waals surface area (Å²) < 4.78 is 2.50. The van der Waals surface area contributed by atoms with Crippen LogP contribution < -0.4 is 21.4 Å². The molecule has 0 spiro atoms. The van der Waals surface area contributed by atoms with E-state index in [9.17, 15) is 0 Å². The Morgan fingerprint density at radius 3 is 2.05 bits per heavy atom. The summed E-state index contributed by atoms with van der Waals surface area (Å²) in [7, 11) is 2.07. The SMILES string of the molecule is CNC1c2cc(C3N=C(c4ccccc4)NN3Cc3ccccc3)cc3c4cc(-c5ccccc5Nc5ccccc5)ccc4n(c23)C1Nc1ccccc1. The van der Waals surface area contributed by atoms with Crippen LogP contribution in [0.5, 0.6) is 0 Å². The summed E-state index contributed by atoms with van der Waals surface area (Å²) in [6.07, 6.45) is -0.298. The van der Waals surface area contributed by atoms with E-state index < -0.39 is 0 Å². The predicted octanol–water partition coefficient (Wildman–Crippen LogP) is 10.6. The van der Waals surface area contributed by atoms with E-state index in [0.717, 1.165) is 45.2 Å². The lowest BCUT2D eigenvalue weighted by molar-refractivity contribution is 0.181. The molecule has 8 aromatic rings. The topological polar surface area (TPSA) is 68.7 Å². The first kappa shape index (κ1) is 32.9. The van der Waals surface area contributed by atoms with Crippen molar-refractivity contribution in [3.63, 3.8) is 0 Å². The van der Waals surface area contributed by atoms with E-state index in [2.05, 4.69) is 202 Å². The molecule has 7 aromatic carbocycles. The van der Waals surface area contributed by atoms with Crippen LogP contribution in [0.3, 0.4) is 0 Å². The molecule has 10 rings (SSSR count). The quantitative estimate of drug-likeness (QED) is 0.114. The average Bonchev–Trinajstić information content (AvgIpc) is 3.91. The molecule has 0 bridgehead atoms. The number of aliphatic imine (C=N–C) groups is 1. The minimum Gasteiger partial charge on any atom is -0.363 e. The molecule has 1 aromatic heterocycles. The lowest BCUT2D eigenvalue weighted by atomic mass is 9.96. The molecule has 7 nitrogen and oxygen atoms in total. The molecule has 2 aliphatic rings. The first-order valence-corrected chi connectivity index (χ1v) is 18.9. The van der Waals surface area contributed by atoms with Crippen LogP contribution in [0.4, 0.5) is 17.1 Å². The van der Waals surface area contributed by atoms with E-state index >= 15 is 0 Å². The normalized spacial score (nSPS) is 17.7. The van der Waals surface area contributed by atoms with E-state index in [1.165, 1.54) is 32.9 Å². The van der Waals surface area contributed by atoms with Gasteiger partial charge in [0.2, 0.25) is 0 Å². The van der Waals surface area contributed by atoms with Crippen molar-refractivity contribution in [2.75, 3.05) is 17.7 Å². The molecule has 0 fully saturated rings. The lowest BCUT2D eigenvalue weighted by Crippen LogP contribution is -2.37. The predicted molar refractivity (Wildman–Crippen MR) is 226 cm³/mol. The van der Waals surface area contributed by atoms with Gasteiger partial charge >= 0.3 is 0 Å². The van der Waals surface area contributed by atoms with Crippen molar-refractivity contribution < 1.29 is 0 Å². The summed E-state index contributed by atoms with van der Waals surface area (Å²) in [5, 5.41) is 16.0. The number of para-hydroxylation sites is 3. The number of anilines is 3. The summed E-state index contributed by atoms with van der Waals surface area (Å²) >= 11 is 0. The third-order valence-electron chi connectivity index (χ3n) is 10.9. The highest BCUT2D eigenvalue weighted by Gasteiger charge is 2.38. The van der Waals surface area contributed by atoms with Gasteiger partial charge in [-0.25, -0.2) is 4.99 Å². The number of fused-ring (bicyclic) bond motifs is 3. The van der Waals surface area contributed by atoms with Crippen molar-refractivity contribution in [1.82, 2.24) is 20.3 Å². The van der Waals surface area contributed by atoms with Gasteiger partial charge in [0.25, 0.3) is 0 Å². The average molecular weight is 716 g/mol. The second-order valence-electron chi connectivity index (χ2n) is 14.3. The molecule has 3 atom stereocenters. The second-order valence-corrected chi connectivity index (χ2v) is 14.3. The maximum absolute atomic E-state index is 5.40. The number of benzene rings is 7. The summed E-state index contributed by atoms with van der Waals surface area (Å²) in [5.74, 6) is 0.874. The molecular formula is C48H41N7. The third kappa shape index (κ3) is 6.00. The molecule has 0 aliphatic carbocycles. The van der Waals surface area contributed by atoms with E-state index in [4.69, 9.17) is 4.99 Å². The highest BCUT2D eigenvalue weighted by atomic mass is 15.6. The van der Waals surface area contributed by atoms with Crippen LogP contribution in [0.2, 0.25) is 0 Å². The minimum atomic E-state index is -0.243. The van der Waals surface area contributed by atoms with Gasteiger partial charge in [-0.1, -0.05) is 121 Å². The minimum absolute atomic E-state index is 0.0204.